The Bertz CT molecular complexity index is 585. The highest BCUT2D eigenvalue weighted by Gasteiger charge is 2.18. The molecule has 3 nitrogen and oxygen atoms in total. The van der Waals surface area contributed by atoms with E-state index in [0.29, 0.717) is 6.04 Å². The molecule has 0 bridgehead atoms. The Kier molecular flexibility index (Phi) is 4.10. The molecule has 0 unspecified atom stereocenters. The summed E-state index contributed by atoms with van der Waals surface area (Å²) >= 11 is 3.53. The van der Waals surface area contributed by atoms with Crippen LogP contribution in [0.25, 0.3) is 0 Å². The van der Waals surface area contributed by atoms with Gasteiger partial charge in [-0.1, -0.05) is 41.3 Å². The molecule has 1 saturated carbocycles. The molecule has 1 aromatic carbocycles. The van der Waals surface area contributed by atoms with Gasteiger partial charge >= 0.3 is 0 Å². The van der Waals surface area contributed by atoms with E-state index in [9.17, 15) is 0 Å². The van der Waals surface area contributed by atoms with Crippen molar-refractivity contribution in [1.82, 2.24) is 9.55 Å². The minimum Gasteiger partial charge on any atom is -0.325 e. The zero-order chi connectivity index (χ0) is 13.9. The molecule has 2 aromatic rings. The first-order valence-electron chi connectivity index (χ1n) is 7.30. The summed E-state index contributed by atoms with van der Waals surface area (Å²) in [7, 11) is 0. The third-order valence-electron chi connectivity index (χ3n) is 4.08. The Morgan fingerprint density at radius 2 is 2.05 bits per heavy atom. The van der Waals surface area contributed by atoms with Gasteiger partial charge in [0.05, 0.1) is 0 Å². The number of aryl methyl sites for hydroxylation is 1. The quantitative estimate of drug-likeness (QED) is 0.836. The summed E-state index contributed by atoms with van der Waals surface area (Å²) in [5.74, 6) is 0.957. The fraction of sp³-hybridized carbons (Fsp3) is 0.438. The Morgan fingerprint density at radius 1 is 1.25 bits per heavy atom. The maximum Gasteiger partial charge on any atom is 0.207 e. The Balaban J connectivity index is 1.84. The minimum atomic E-state index is 0.598. The molecule has 1 aromatic heterocycles. The van der Waals surface area contributed by atoms with Crippen LogP contribution in [-0.4, -0.2) is 9.55 Å². The standard InChI is InChI=1S/C16H20BrN3/c1-12-7-8-13(17)11-15(12)19-16-18-9-10-20(16)14-5-3-2-4-6-14/h7-11,14H,2-6H2,1H3,(H,18,19). The molecular weight excluding hydrogens is 314 g/mol. The smallest absolute Gasteiger partial charge is 0.207 e. The largest absolute Gasteiger partial charge is 0.325 e. The van der Waals surface area contributed by atoms with Crippen molar-refractivity contribution in [2.24, 2.45) is 0 Å². The molecule has 1 fully saturated rings. The van der Waals surface area contributed by atoms with E-state index in [0.717, 1.165) is 16.1 Å². The lowest BCUT2D eigenvalue weighted by atomic mass is 9.95. The highest BCUT2D eigenvalue weighted by atomic mass is 79.9. The predicted molar refractivity (Wildman–Crippen MR) is 86.5 cm³/mol. The number of benzene rings is 1. The maximum absolute atomic E-state index is 4.49. The van der Waals surface area contributed by atoms with Gasteiger partial charge in [0.2, 0.25) is 5.95 Å². The summed E-state index contributed by atoms with van der Waals surface area (Å²) in [6.07, 6.45) is 10.6. The van der Waals surface area contributed by atoms with E-state index >= 15 is 0 Å². The zero-order valence-electron chi connectivity index (χ0n) is 11.8. The van der Waals surface area contributed by atoms with Crippen molar-refractivity contribution in [3.63, 3.8) is 0 Å². The van der Waals surface area contributed by atoms with Gasteiger partial charge in [-0.15, -0.1) is 0 Å². The van der Waals surface area contributed by atoms with Crippen LogP contribution in [0.2, 0.25) is 0 Å². The first kappa shape index (κ1) is 13.7. The number of aromatic nitrogens is 2. The van der Waals surface area contributed by atoms with Gasteiger partial charge in [0.15, 0.2) is 0 Å². The van der Waals surface area contributed by atoms with Crippen LogP contribution in [0.1, 0.15) is 43.7 Å². The van der Waals surface area contributed by atoms with Crippen molar-refractivity contribution in [1.29, 1.82) is 0 Å². The SMILES string of the molecule is Cc1ccc(Br)cc1Nc1nccn1C1CCCCC1. The monoisotopic (exact) mass is 333 g/mol. The van der Waals surface area contributed by atoms with Crippen LogP contribution in [-0.2, 0) is 0 Å². The molecule has 1 aliphatic rings. The average molecular weight is 334 g/mol. The van der Waals surface area contributed by atoms with Crippen molar-refractivity contribution in [3.8, 4) is 0 Å². The molecular formula is C16H20BrN3. The van der Waals surface area contributed by atoms with Crippen LogP contribution in [0.5, 0.6) is 0 Å². The molecule has 0 spiro atoms. The van der Waals surface area contributed by atoms with Crippen molar-refractivity contribution in [3.05, 3.63) is 40.6 Å². The van der Waals surface area contributed by atoms with Gasteiger partial charge in [-0.2, -0.15) is 0 Å². The number of halogens is 1. The van der Waals surface area contributed by atoms with E-state index in [-0.39, 0.29) is 0 Å². The summed E-state index contributed by atoms with van der Waals surface area (Å²) in [5, 5.41) is 3.48. The second kappa shape index (κ2) is 6.00. The van der Waals surface area contributed by atoms with E-state index in [1.54, 1.807) is 0 Å². The number of rotatable bonds is 3. The van der Waals surface area contributed by atoms with Gasteiger partial charge in [-0.05, 0) is 37.5 Å². The number of imidazole rings is 1. The van der Waals surface area contributed by atoms with Crippen molar-refractivity contribution in [2.45, 2.75) is 45.1 Å². The number of hydrogen-bond acceptors (Lipinski definition) is 2. The van der Waals surface area contributed by atoms with Crippen molar-refractivity contribution in [2.75, 3.05) is 5.32 Å². The average Bonchev–Trinajstić information content (AvgIpc) is 2.92. The molecule has 3 rings (SSSR count). The van der Waals surface area contributed by atoms with E-state index in [1.807, 2.05) is 6.20 Å². The molecule has 0 saturated heterocycles. The van der Waals surface area contributed by atoms with Gasteiger partial charge in [0, 0.05) is 28.6 Å². The molecule has 20 heavy (non-hydrogen) atoms. The molecule has 1 N–H and O–H groups in total. The normalized spacial score (nSPS) is 16.3. The summed E-state index contributed by atoms with van der Waals surface area (Å²) in [6.45, 7) is 2.11. The zero-order valence-corrected chi connectivity index (χ0v) is 13.4. The summed E-state index contributed by atoms with van der Waals surface area (Å²) in [4.78, 5) is 4.49. The second-order valence-electron chi connectivity index (χ2n) is 5.53. The van der Waals surface area contributed by atoms with Crippen LogP contribution in [0.3, 0.4) is 0 Å². The lowest BCUT2D eigenvalue weighted by Crippen LogP contribution is -2.14. The topological polar surface area (TPSA) is 29.9 Å². The molecule has 1 aliphatic carbocycles. The van der Waals surface area contributed by atoms with Crippen LogP contribution in [0.4, 0.5) is 11.6 Å². The van der Waals surface area contributed by atoms with Crippen LogP contribution in [0, 0.1) is 6.92 Å². The van der Waals surface area contributed by atoms with Gasteiger partial charge in [0.25, 0.3) is 0 Å². The van der Waals surface area contributed by atoms with Gasteiger partial charge in [-0.3, -0.25) is 0 Å². The highest BCUT2D eigenvalue weighted by molar-refractivity contribution is 9.10. The summed E-state index contributed by atoms with van der Waals surface area (Å²) in [6, 6.07) is 6.88. The fourth-order valence-electron chi connectivity index (χ4n) is 2.91. The number of nitrogens with one attached hydrogen (secondary N) is 1. The number of hydrogen-bond donors (Lipinski definition) is 1. The maximum atomic E-state index is 4.49. The molecule has 1 heterocycles. The van der Waals surface area contributed by atoms with Crippen molar-refractivity contribution < 1.29 is 0 Å². The van der Waals surface area contributed by atoms with Crippen molar-refractivity contribution >= 4 is 27.6 Å². The molecule has 0 amide bonds. The second-order valence-corrected chi connectivity index (χ2v) is 6.45. The van der Waals surface area contributed by atoms with E-state index in [2.05, 4.69) is 62.1 Å². The first-order chi connectivity index (χ1) is 9.74. The van der Waals surface area contributed by atoms with Gasteiger partial charge in [-0.25, -0.2) is 4.98 Å². The fourth-order valence-corrected chi connectivity index (χ4v) is 3.27. The molecule has 0 atom stereocenters. The van der Waals surface area contributed by atoms with Gasteiger partial charge < -0.3 is 9.88 Å². The Labute approximate surface area is 128 Å². The van der Waals surface area contributed by atoms with Crippen LogP contribution < -0.4 is 5.32 Å². The third-order valence-corrected chi connectivity index (χ3v) is 4.58. The molecule has 4 heteroatoms. The van der Waals surface area contributed by atoms with Crippen LogP contribution in [0.15, 0.2) is 35.1 Å². The third kappa shape index (κ3) is 2.90. The van der Waals surface area contributed by atoms with E-state index in [4.69, 9.17) is 0 Å². The molecule has 0 radical (unpaired) electrons. The minimum absolute atomic E-state index is 0.598. The Morgan fingerprint density at radius 3 is 2.85 bits per heavy atom. The Hall–Kier alpha value is -1.29. The van der Waals surface area contributed by atoms with E-state index < -0.39 is 0 Å². The lowest BCUT2D eigenvalue weighted by molar-refractivity contribution is 0.356. The summed E-state index contributed by atoms with van der Waals surface area (Å²) < 4.78 is 3.39. The van der Waals surface area contributed by atoms with Crippen LogP contribution >= 0.6 is 15.9 Å². The van der Waals surface area contributed by atoms with Gasteiger partial charge in [0.1, 0.15) is 0 Å². The number of anilines is 2. The highest BCUT2D eigenvalue weighted by Crippen LogP contribution is 2.31. The predicted octanol–water partition coefficient (Wildman–Crippen LogP) is 5.20. The molecule has 106 valence electrons. The number of nitrogens with zero attached hydrogens (tertiary/aromatic N) is 2. The molecule has 0 aliphatic heterocycles. The summed E-state index contributed by atoms with van der Waals surface area (Å²) in [5.41, 5.74) is 2.34. The van der Waals surface area contributed by atoms with E-state index in [1.165, 1.54) is 37.7 Å². The first-order valence-corrected chi connectivity index (χ1v) is 8.09. The lowest BCUT2D eigenvalue weighted by Gasteiger charge is -2.25.